The molecule has 1 aliphatic rings. The number of Topliss-reactive ketones (excluding diaryl/α,β-unsaturated/α-hetero) is 1. The van der Waals surface area contributed by atoms with Gasteiger partial charge in [0.15, 0.2) is 11.9 Å². The van der Waals surface area contributed by atoms with Gasteiger partial charge in [0.2, 0.25) is 0 Å². The Hall–Kier alpha value is -3.63. The predicted octanol–water partition coefficient (Wildman–Crippen LogP) is 7.23. The molecule has 3 aromatic carbocycles. The van der Waals surface area contributed by atoms with Crippen molar-refractivity contribution in [2.45, 2.75) is 32.8 Å². The van der Waals surface area contributed by atoms with Crippen LogP contribution in [0.5, 0.6) is 0 Å². The molecule has 0 saturated carbocycles. The number of halogens is 1. The molecule has 5 heteroatoms. The molecular weight excluding hydrogens is 458 g/mol. The van der Waals surface area contributed by atoms with E-state index in [1.165, 1.54) is 0 Å². The molecule has 0 aliphatic heterocycles. The van der Waals surface area contributed by atoms with Gasteiger partial charge in [-0.15, -0.1) is 0 Å². The maximum absolute atomic E-state index is 13.2. The number of hydrogen-bond donors (Lipinski definition) is 0. The van der Waals surface area contributed by atoms with Crippen molar-refractivity contribution >= 4 is 23.4 Å². The molecule has 0 spiro atoms. The molecule has 0 radical (unpaired) electrons. The number of aromatic nitrogens is 1. The van der Waals surface area contributed by atoms with Gasteiger partial charge in [-0.3, -0.25) is 4.79 Å². The van der Waals surface area contributed by atoms with E-state index < -0.39 is 12.1 Å². The Morgan fingerprint density at radius 3 is 2.23 bits per heavy atom. The summed E-state index contributed by atoms with van der Waals surface area (Å²) in [5.74, 6) is -0.361. The van der Waals surface area contributed by atoms with E-state index in [-0.39, 0.29) is 11.2 Å². The van der Waals surface area contributed by atoms with Crippen LogP contribution in [0.4, 0.5) is 0 Å². The predicted molar refractivity (Wildman–Crippen MR) is 137 cm³/mol. The first-order chi connectivity index (χ1) is 16.8. The summed E-state index contributed by atoms with van der Waals surface area (Å²) in [6.07, 6.45) is 0.391. The van der Waals surface area contributed by atoms with Crippen LogP contribution in [-0.4, -0.2) is 16.3 Å². The zero-order chi connectivity index (χ0) is 24.6. The first-order valence-electron chi connectivity index (χ1n) is 11.7. The van der Waals surface area contributed by atoms with E-state index in [0.29, 0.717) is 33.8 Å². The first-order valence-corrected chi connectivity index (χ1v) is 12.1. The van der Waals surface area contributed by atoms with Crippen LogP contribution in [0, 0.1) is 5.41 Å². The average molecular weight is 484 g/mol. The van der Waals surface area contributed by atoms with Crippen LogP contribution in [0.3, 0.4) is 0 Å². The monoisotopic (exact) mass is 483 g/mol. The molecule has 4 nitrogen and oxygen atoms in total. The molecule has 4 aromatic rings. The van der Waals surface area contributed by atoms with Crippen molar-refractivity contribution < 1.29 is 14.3 Å². The lowest BCUT2D eigenvalue weighted by molar-refractivity contribution is 0.0367. The number of benzene rings is 3. The quantitative estimate of drug-likeness (QED) is 0.281. The topological polar surface area (TPSA) is 48.3 Å². The summed E-state index contributed by atoms with van der Waals surface area (Å²) in [5.41, 5.74) is 4.15. The highest BCUT2D eigenvalue weighted by Gasteiger charge is 2.37. The third-order valence-corrected chi connectivity index (χ3v) is 6.77. The molecule has 1 unspecified atom stereocenters. The standard InChI is InChI=1S/C30H26ClNO3/c1-30(2)18-26-23(27(33)19-30)17-25(32(26)21-13-7-4-8-14-21)28(22-15-9-10-16-24(22)31)35-29(34)20-11-5-3-6-12-20/h3-17,28H,18-19H2,1-2H3. The van der Waals surface area contributed by atoms with E-state index in [2.05, 4.69) is 18.4 Å². The molecule has 1 heterocycles. The van der Waals surface area contributed by atoms with Crippen molar-refractivity contribution in [3.05, 3.63) is 124 Å². The summed E-state index contributed by atoms with van der Waals surface area (Å²) in [7, 11) is 0. The SMILES string of the molecule is CC1(C)CC(=O)c2cc(C(OC(=O)c3ccccc3)c3ccccc3Cl)n(-c3ccccc3)c2C1. The summed E-state index contributed by atoms with van der Waals surface area (Å²) < 4.78 is 8.23. The van der Waals surface area contributed by atoms with Crippen molar-refractivity contribution in [2.24, 2.45) is 5.41 Å². The molecule has 0 amide bonds. The Kier molecular flexibility index (Phi) is 6.08. The molecule has 0 bridgehead atoms. The van der Waals surface area contributed by atoms with Crippen molar-refractivity contribution in [3.8, 4) is 5.69 Å². The Balaban J connectivity index is 1.73. The number of fused-ring (bicyclic) bond motifs is 1. The van der Waals surface area contributed by atoms with Gasteiger partial charge in [-0.1, -0.05) is 80.0 Å². The zero-order valence-electron chi connectivity index (χ0n) is 19.7. The van der Waals surface area contributed by atoms with E-state index in [9.17, 15) is 9.59 Å². The summed E-state index contributed by atoms with van der Waals surface area (Å²) in [6.45, 7) is 4.22. The number of ketones is 1. The Bertz CT molecular complexity index is 1390. The summed E-state index contributed by atoms with van der Waals surface area (Å²) in [4.78, 5) is 26.5. The third-order valence-electron chi connectivity index (χ3n) is 6.42. The fourth-order valence-corrected chi connectivity index (χ4v) is 5.06. The van der Waals surface area contributed by atoms with Gasteiger partial charge in [-0.05, 0) is 48.2 Å². The van der Waals surface area contributed by atoms with E-state index in [0.717, 1.165) is 17.8 Å². The Labute approximate surface area is 210 Å². The largest absolute Gasteiger partial charge is 0.447 e. The molecule has 35 heavy (non-hydrogen) atoms. The smallest absolute Gasteiger partial charge is 0.339 e. The number of ether oxygens (including phenoxy) is 1. The molecule has 0 saturated heterocycles. The lowest BCUT2D eigenvalue weighted by Crippen LogP contribution is -2.28. The molecule has 0 fully saturated rings. The van der Waals surface area contributed by atoms with Crippen molar-refractivity contribution in [1.29, 1.82) is 0 Å². The molecule has 1 aliphatic carbocycles. The number of nitrogens with zero attached hydrogens (tertiary/aromatic N) is 1. The summed E-state index contributed by atoms with van der Waals surface area (Å²) in [5, 5.41) is 0.490. The minimum absolute atomic E-state index is 0.0967. The second-order valence-corrected chi connectivity index (χ2v) is 10.1. The van der Waals surface area contributed by atoms with Crippen LogP contribution in [0.15, 0.2) is 91.0 Å². The van der Waals surface area contributed by atoms with Crippen LogP contribution >= 0.6 is 11.6 Å². The lowest BCUT2D eigenvalue weighted by Gasteiger charge is -2.30. The van der Waals surface area contributed by atoms with Gasteiger partial charge in [0.05, 0.1) is 11.3 Å². The maximum Gasteiger partial charge on any atom is 0.339 e. The van der Waals surface area contributed by atoms with E-state index in [4.69, 9.17) is 16.3 Å². The Morgan fingerprint density at radius 1 is 0.914 bits per heavy atom. The molecule has 5 rings (SSSR count). The highest BCUT2D eigenvalue weighted by Crippen LogP contribution is 2.42. The second-order valence-electron chi connectivity index (χ2n) is 9.71. The van der Waals surface area contributed by atoms with Crippen molar-refractivity contribution in [2.75, 3.05) is 0 Å². The van der Waals surface area contributed by atoms with Gasteiger partial charge in [-0.25, -0.2) is 4.79 Å². The normalized spacial score (nSPS) is 15.3. The number of rotatable bonds is 5. The lowest BCUT2D eigenvalue weighted by atomic mass is 9.76. The van der Waals surface area contributed by atoms with Gasteiger partial charge in [0.25, 0.3) is 0 Å². The molecule has 1 atom stereocenters. The van der Waals surface area contributed by atoms with Crippen LogP contribution in [0.2, 0.25) is 5.02 Å². The van der Waals surface area contributed by atoms with Gasteiger partial charge in [0.1, 0.15) is 0 Å². The van der Waals surface area contributed by atoms with Gasteiger partial charge in [0, 0.05) is 34.0 Å². The van der Waals surface area contributed by atoms with Crippen LogP contribution in [0.25, 0.3) is 5.69 Å². The average Bonchev–Trinajstić information content (AvgIpc) is 3.22. The van der Waals surface area contributed by atoms with Crippen LogP contribution < -0.4 is 0 Å². The number of para-hydroxylation sites is 1. The number of esters is 1. The van der Waals surface area contributed by atoms with Crippen LogP contribution in [0.1, 0.15) is 64.0 Å². The highest BCUT2D eigenvalue weighted by molar-refractivity contribution is 6.31. The van der Waals surface area contributed by atoms with Crippen LogP contribution in [-0.2, 0) is 11.2 Å². The van der Waals surface area contributed by atoms with E-state index >= 15 is 0 Å². The Morgan fingerprint density at radius 2 is 1.54 bits per heavy atom. The van der Waals surface area contributed by atoms with Gasteiger partial charge >= 0.3 is 5.97 Å². The molecule has 1 aromatic heterocycles. The maximum atomic E-state index is 13.2. The molecule has 176 valence electrons. The second kappa shape index (κ2) is 9.20. The molecular formula is C30H26ClNO3. The van der Waals surface area contributed by atoms with Crippen molar-refractivity contribution in [3.63, 3.8) is 0 Å². The summed E-state index contributed by atoms with van der Waals surface area (Å²) >= 11 is 6.63. The van der Waals surface area contributed by atoms with E-state index in [1.54, 1.807) is 30.3 Å². The first kappa shape index (κ1) is 23.1. The minimum atomic E-state index is -0.807. The minimum Gasteiger partial charge on any atom is -0.447 e. The summed E-state index contributed by atoms with van der Waals surface area (Å²) in [6, 6.07) is 28.0. The van der Waals surface area contributed by atoms with Crippen molar-refractivity contribution in [1.82, 2.24) is 4.57 Å². The zero-order valence-corrected chi connectivity index (χ0v) is 20.5. The number of carbonyl (C=O) groups excluding carboxylic acids is 2. The molecule has 0 N–H and O–H groups in total. The fourth-order valence-electron chi connectivity index (χ4n) is 4.83. The number of carbonyl (C=O) groups is 2. The van der Waals surface area contributed by atoms with Gasteiger partial charge in [-0.2, -0.15) is 0 Å². The van der Waals surface area contributed by atoms with Gasteiger partial charge < -0.3 is 9.30 Å². The number of hydrogen-bond acceptors (Lipinski definition) is 3. The van der Waals surface area contributed by atoms with E-state index in [1.807, 2.05) is 60.7 Å². The fraction of sp³-hybridized carbons (Fsp3) is 0.200. The third kappa shape index (κ3) is 4.54. The highest BCUT2D eigenvalue weighted by atomic mass is 35.5.